The summed E-state index contributed by atoms with van der Waals surface area (Å²) in [4.78, 5) is 61.2. The number of nitrogens with one attached hydrogen (secondary N) is 1. The second-order valence-corrected chi connectivity index (χ2v) is 6.93. The molecule has 0 aliphatic carbocycles. The first kappa shape index (κ1) is 19.3. The summed E-state index contributed by atoms with van der Waals surface area (Å²) in [5.41, 5.74) is 0.242. The van der Waals surface area contributed by atoms with E-state index in [0.717, 1.165) is 4.90 Å². The lowest BCUT2D eigenvalue weighted by Crippen LogP contribution is -2.37. The highest BCUT2D eigenvalue weighted by atomic mass is 16.2. The Labute approximate surface area is 151 Å². The average molecular weight is 359 g/mol. The van der Waals surface area contributed by atoms with Gasteiger partial charge in [0.25, 0.3) is 0 Å². The van der Waals surface area contributed by atoms with Crippen LogP contribution in [0.3, 0.4) is 0 Å². The van der Waals surface area contributed by atoms with E-state index in [4.69, 9.17) is 0 Å². The van der Waals surface area contributed by atoms with Crippen molar-refractivity contribution in [2.75, 3.05) is 18.4 Å². The van der Waals surface area contributed by atoms with Gasteiger partial charge in [0.05, 0.1) is 6.54 Å². The number of nitrogens with zero attached hydrogens (tertiary/aromatic N) is 2. The van der Waals surface area contributed by atoms with E-state index in [1.165, 1.54) is 12.1 Å². The molecule has 1 fully saturated rings. The van der Waals surface area contributed by atoms with Gasteiger partial charge < -0.3 is 5.32 Å². The Kier molecular flexibility index (Phi) is 5.25. The SMILES string of the molecule is CCN1C(=O)C(=O)N(CC(=O)c2ccc(NC(=O)C(C)(C)C)cc2)C1=O. The molecule has 0 saturated carbocycles. The third kappa shape index (κ3) is 3.79. The Bertz CT molecular complexity index is 777. The molecule has 1 aliphatic heterocycles. The van der Waals surface area contributed by atoms with Crippen molar-refractivity contribution in [2.45, 2.75) is 27.7 Å². The largest absolute Gasteiger partial charge is 0.334 e. The van der Waals surface area contributed by atoms with Crippen molar-refractivity contribution in [2.24, 2.45) is 5.41 Å². The second-order valence-electron chi connectivity index (χ2n) is 6.93. The van der Waals surface area contributed by atoms with Crippen molar-refractivity contribution in [1.82, 2.24) is 9.80 Å². The zero-order chi connectivity index (χ0) is 19.6. The molecular formula is C18H21N3O5. The van der Waals surface area contributed by atoms with E-state index in [2.05, 4.69) is 5.32 Å². The summed E-state index contributed by atoms with van der Waals surface area (Å²) in [6.07, 6.45) is 0. The lowest BCUT2D eigenvalue weighted by Gasteiger charge is -2.17. The highest BCUT2D eigenvalue weighted by molar-refractivity contribution is 6.45. The van der Waals surface area contributed by atoms with Gasteiger partial charge in [0.2, 0.25) is 5.91 Å². The van der Waals surface area contributed by atoms with E-state index in [1.807, 2.05) is 0 Å². The first-order valence-electron chi connectivity index (χ1n) is 8.18. The summed E-state index contributed by atoms with van der Waals surface area (Å²) >= 11 is 0. The number of carbonyl (C=O) groups is 5. The van der Waals surface area contributed by atoms with Crippen LogP contribution in [-0.4, -0.2) is 52.4 Å². The molecule has 26 heavy (non-hydrogen) atoms. The molecule has 8 nitrogen and oxygen atoms in total. The summed E-state index contributed by atoms with van der Waals surface area (Å²) in [5.74, 6) is -2.57. The maximum atomic E-state index is 12.3. The summed E-state index contributed by atoms with van der Waals surface area (Å²) in [7, 11) is 0. The fraction of sp³-hybridized carbons (Fsp3) is 0.389. The number of carbonyl (C=O) groups excluding carboxylic acids is 5. The summed E-state index contributed by atoms with van der Waals surface area (Å²) in [6.45, 7) is 6.48. The highest BCUT2D eigenvalue weighted by Gasteiger charge is 2.44. The maximum absolute atomic E-state index is 12.3. The molecule has 0 atom stereocenters. The van der Waals surface area contributed by atoms with Gasteiger partial charge in [-0.2, -0.15) is 0 Å². The maximum Gasteiger partial charge on any atom is 0.334 e. The average Bonchev–Trinajstić information content (AvgIpc) is 2.77. The van der Waals surface area contributed by atoms with E-state index < -0.39 is 35.6 Å². The van der Waals surface area contributed by atoms with E-state index >= 15 is 0 Å². The number of hydrogen-bond donors (Lipinski definition) is 1. The quantitative estimate of drug-likeness (QED) is 0.489. The van der Waals surface area contributed by atoms with Crippen LogP contribution < -0.4 is 5.32 Å². The Morgan fingerprint density at radius 3 is 1.96 bits per heavy atom. The van der Waals surface area contributed by atoms with Gasteiger partial charge in [0.1, 0.15) is 0 Å². The topological polar surface area (TPSA) is 104 Å². The normalized spacial score (nSPS) is 14.8. The Morgan fingerprint density at radius 1 is 0.962 bits per heavy atom. The molecule has 2 rings (SSSR count). The molecule has 1 aromatic rings. The molecule has 0 unspecified atom stereocenters. The Morgan fingerprint density at radius 2 is 1.50 bits per heavy atom. The molecule has 1 aromatic carbocycles. The number of ketones is 1. The van der Waals surface area contributed by atoms with E-state index in [0.29, 0.717) is 10.6 Å². The van der Waals surface area contributed by atoms with Crippen molar-refractivity contribution < 1.29 is 24.0 Å². The zero-order valence-corrected chi connectivity index (χ0v) is 15.2. The molecular weight excluding hydrogens is 338 g/mol. The van der Waals surface area contributed by atoms with Gasteiger partial charge in [-0.05, 0) is 31.2 Å². The van der Waals surface area contributed by atoms with Crippen LogP contribution in [0.15, 0.2) is 24.3 Å². The predicted octanol–water partition coefficient (Wildman–Crippen LogP) is 1.66. The third-order valence-corrected chi connectivity index (χ3v) is 3.90. The molecule has 0 aromatic heterocycles. The van der Waals surface area contributed by atoms with Crippen LogP contribution in [-0.2, 0) is 14.4 Å². The minimum absolute atomic E-state index is 0.0657. The van der Waals surface area contributed by atoms with Crippen LogP contribution in [0.25, 0.3) is 0 Å². The number of likely N-dealkylation sites (N-methyl/N-ethyl adjacent to an activating group) is 1. The van der Waals surface area contributed by atoms with Gasteiger partial charge in [-0.25, -0.2) is 9.69 Å². The van der Waals surface area contributed by atoms with Crippen LogP contribution >= 0.6 is 0 Å². The molecule has 1 aliphatic rings. The van der Waals surface area contributed by atoms with E-state index in [-0.39, 0.29) is 18.0 Å². The minimum atomic E-state index is -1.00. The first-order valence-corrected chi connectivity index (χ1v) is 8.18. The molecule has 0 radical (unpaired) electrons. The van der Waals surface area contributed by atoms with E-state index in [9.17, 15) is 24.0 Å². The number of benzene rings is 1. The summed E-state index contributed by atoms with van der Waals surface area (Å²) in [5, 5.41) is 2.73. The second kappa shape index (κ2) is 7.07. The lowest BCUT2D eigenvalue weighted by atomic mass is 9.95. The zero-order valence-electron chi connectivity index (χ0n) is 15.2. The predicted molar refractivity (Wildman–Crippen MR) is 93.4 cm³/mol. The molecule has 0 spiro atoms. The van der Waals surface area contributed by atoms with Crippen molar-refractivity contribution >= 4 is 35.2 Å². The van der Waals surface area contributed by atoms with Gasteiger partial charge in [-0.1, -0.05) is 20.8 Å². The molecule has 5 amide bonds. The van der Waals surface area contributed by atoms with Crippen molar-refractivity contribution in [3.05, 3.63) is 29.8 Å². The standard InChI is InChI=1S/C18H21N3O5/c1-5-20-14(23)15(24)21(17(20)26)10-13(22)11-6-8-12(9-7-11)19-16(25)18(2,3)4/h6-9H,5,10H2,1-4H3,(H,19,25). The van der Waals surface area contributed by atoms with Crippen molar-refractivity contribution in [3.63, 3.8) is 0 Å². The molecule has 8 heteroatoms. The Hall–Kier alpha value is -3.03. The smallest absolute Gasteiger partial charge is 0.326 e. The van der Waals surface area contributed by atoms with Crippen LogP contribution in [0.5, 0.6) is 0 Å². The van der Waals surface area contributed by atoms with Crippen LogP contribution in [0.2, 0.25) is 0 Å². The van der Waals surface area contributed by atoms with Crippen LogP contribution in [0.1, 0.15) is 38.1 Å². The highest BCUT2D eigenvalue weighted by Crippen LogP contribution is 2.18. The number of imide groups is 2. The third-order valence-electron chi connectivity index (χ3n) is 3.90. The van der Waals surface area contributed by atoms with Crippen LogP contribution in [0.4, 0.5) is 10.5 Å². The number of amides is 5. The fourth-order valence-electron chi connectivity index (χ4n) is 2.26. The van der Waals surface area contributed by atoms with Gasteiger partial charge in [-0.3, -0.25) is 24.1 Å². The number of urea groups is 1. The lowest BCUT2D eigenvalue weighted by molar-refractivity contribution is -0.143. The summed E-state index contributed by atoms with van der Waals surface area (Å²) in [6, 6.07) is 5.32. The van der Waals surface area contributed by atoms with Gasteiger partial charge >= 0.3 is 17.8 Å². The molecule has 1 saturated heterocycles. The van der Waals surface area contributed by atoms with Gasteiger partial charge in [0.15, 0.2) is 5.78 Å². The number of Topliss-reactive ketones (excluding diaryl/α,β-unsaturated/α-hetero) is 1. The molecule has 1 N–H and O–H groups in total. The summed E-state index contributed by atoms with van der Waals surface area (Å²) < 4.78 is 0. The molecule has 0 bridgehead atoms. The van der Waals surface area contributed by atoms with Gasteiger partial charge in [0, 0.05) is 23.2 Å². The number of anilines is 1. The van der Waals surface area contributed by atoms with Crippen LogP contribution in [0, 0.1) is 5.41 Å². The van der Waals surface area contributed by atoms with Gasteiger partial charge in [-0.15, -0.1) is 0 Å². The minimum Gasteiger partial charge on any atom is -0.326 e. The fourth-order valence-corrected chi connectivity index (χ4v) is 2.26. The monoisotopic (exact) mass is 359 g/mol. The van der Waals surface area contributed by atoms with Crippen molar-refractivity contribution in [1.29, 1.82) is 0 Å². The molecule has 138 valence electrons. The molecule has 1 heterocycles. The van der Waals surface area contributed by atoms with Crippen molar-refractivity contribution in [3.8, 4) is 0 Å². The van der Waals surface area contributed by atoms with E-state index in [1.54, 1.807) is 39.8 Å². The Balaban J connectivity index is 2.07. The first-order chi connectivity index (χ1) is 12.1. The number of hydrogen-bond acceptors (Lipinski definition) is 5. The number of rotatable bonds is 5.